The van der Waals surface area contributed by atoms with Crippen LogP contribution in [0.1, 0.15) is 10.4 Å². The van der Waals surface area contributed by atoms with E-state index in [9.17, 15) is 18.0 Å². The van der Waals surface area contributed by atoms with Crippen molar-refractivity contribution in [3.8, 4) is 11.5 Å². The number of benzene rings is 2. The molecule has 0 N–H and O–H groups in total. The molecule has 0 aliphatic carbocycles. The van der Waals surface area contributed by atoms with Gasteiger partial charge in [-0.1, -0.05) is 12.1 Å². The first-order valence-corrected chi connectivity index (χ1v) is 9.99. The van der Waals surface area contributed by atoms with Crippen LogP contribution in [0.15, 0.2) is 47.4 Å². The van der Waals surface area contributed by atoms with E-state index in [0.29, 0.717) is 12.4 Å². The molecule has 0 fully saturated rings. The molecule has 1 aliphatic heterocycles. The molecule has 0 saturated heterocycles. The highest BCUT2D eigenvalue weighted by Crippen LogP contribution is 2.35. The van der Waals surface area contributed by atoms with Gasteiger partial charge in [0.2, 0.25) is 0 Å². The summed E-state index contributed by atoms with van der Waals surface area (Å²) in [5.74, 6) is -0.847. The van der Waals surface area contributed by atoms with Crippen molar-refractivity contribution >= 4 is 27.6 Å². The molecule has 154 valence electrons. The number of carbonyl (C=O) groups is 2. The van der Waals surface area contributed by atoms with Crippen molar-refractivity contribution in [2.24, 2.45) is 0 Å². The van der Waals surface area contributed by atoms with Crippen molar-refractivity contribution in [1.82, 2.24) is 0 Å². The molecular formula is C19H19NO8S. The summed E-state index contributed by atoms with van der Waals surface area (Å²) in [7, 11) is -1.95. The van der Waals surface area contributed by atoms with E-state index in [1.165, 1.54) is 37.4 Å². The zero-order valence-corrected chi connectivity index (χ0v) is 16.6. The molecule has 9 nitrogen and oxygen atoms in total. The molecule has 1 heterocycles. The minimum Gasteiger partial charge on any atom is -0.486 e. The van der Waals surface area contributed by atoms with Crippen molar-refractivity contribution in [3.63, 3.8) is 0 Å². The number of methoxy groups -OCH3 is 2. The standard InChI is InChI=1S/C19H19NO8S/c1-25-18(21)12-20(15-6-4-3-5-14(15)19(22)26-2)29(23,24)13-7-8-16-17(11-13)28-10-9-27-16/h3-8,11H,9-10,12H2,1-2H3. The Hall–Kier alpha value is -3.27. The van der Waals surface area contributed by atoms with Gasteiger partial charge in [0.25, 0.3) is 10.0 Å². The molecule has 0 aromatic heterocycles. The summed E-state index contributed by atoms with van der Waals surface area (Å²) in [6.07, 6.45) is 0. The summed E-state index contributed by atoms with van der Waals surface area (Å²) in [5.41, 5.74) is -0.0281. The first kappa shape index (κ1) is 20.5. The predicted molar refractivity (Wildman–Crippen MR) is 102 cm³/mol. The summed E-state index contributed by atoms with van der Waals surface area (Å²) in [6.45, 7) is 0.00883. The zero-order chi connectivity index (χ0) is 21.0. The molecule has 0 atom stereocenters. The number of ether oxygens (including phenoxy) is 4. The third kappa shape index (κ3) is 4.11. The van der Waals surface area contributed by atoms with Crippen LogP contribution in [0.2, 0.25) is 0 Å². The number of fused-ring (bicyclic) bond motifs is 1. The molecule has 2 aromatic carbocycles. The Bertz CT molecular complexity index is 1030. The molecule has 0 radical (unpaired) electrons. The van der Waals surface area contributed by atoms with Crippen LogP contribution >= 0.6 is 0 Å². The van der Waals surface area contributed by atoms with E-state index >= 15 is 0 Å². The Kier molecular flexibility index (Phi) is 5.92. The summed E-state index contributed by atoms with van der Waals surface area (Å²) in [6, 6.07) is 10.1. The predicted octanol–water partition coefficient (Wildman–Crippen LogP) is 1.61. The second kappa shape index (κ2) is 8.39. The number of anilines is 1. The lowest BCUT2D eigenvalue weighted by molar-refractivity contribution is -0.138. The minimum atomic E-state index is -4.27. The van der Waals surface area contributed by atoms with Crippen LogP contribution in [0.5, 0.6) is 11.5 Å². The second-order valence-corrected chi connectivity index (χ2v) is 7.76. The summed E-state index contributed by atoms with van der Waals surface area (Å²) in [4.78, 5) is 24.0. The van der Waals surface area contributed by atoms with Gasteiger partial charge < -0.3 is 18.9 Å². The molecular weight excluding hydrogens is 402 g/mol. The van der Waals surface area contributed by atoms with Crippen LogP contribution in [0.3, 0.4) is 0 Å². The minimum absolute atomic E-state index is 0.0139. The molecule has 0 spiro atoms. The van der Waals surface area contributed by atoms with E-state index in [1.807, 2.05) is 0 Å². The Balaban J connectivity index is 2.12. The van der Waals surface area contributed by atoms with Gasteiger partial charge in [0.15, 0.2) is 11.5 Å². The number of hydrogen-bond acceptors (Lipinski definition) is 8. The van der Waals surface area contributed by atoms with Crippen LogP contribution in [-0.4, -0.2) is 54.3 Å². The maximum Gasteiger partial charge on any atom is 0.340 e. The first-order chi connectivity index (χ1) is 13.9. The van der Waals surface area contributed by atoms with Gasteiger partial charge in [0, 0.05) is 6.07 Å². The summed E-state index contributed by atoms with van der Waals surface area (Å²) in [5, 5.41) is 0. The topological polar surface area (TPSA) is 108 Å². The molecule has 1 aliphatic rings. The number of carbonyl (C=O) groups excluding carboxylic acids is 2. The van der Waals surface area contributed by atoms with Gasteiger partial charge in [-0.3, -0.25) is 9.10 Å². The van der Waals surface area contributed by atoms with Gasteiger partial charge in [-0.05, 0) is 24.3 Å². The molecule has 0 amide bonds. The third-order valence-corrected chi connectivity index (χ3v) is 5.94. The van der Waals surface area contributed by atoms with Crippen molar-refractivity contribution in [3.05, 3.63) is 48.0 Å². The zero-order valence-electron chi connectivity index (χ0n) is 15.8. The number of nitrogens with zero attached hydrogens (tertiary/aromatic N) is 1. The van der Waals surface area contributed by atoms with E-state index < -0.39 is 28.5 Å². The first-order valence-electron chi connectivity index (χ1n) is 8.55. The summed E-state index contributed by atoms with van der Waals surface area (Å²) >= 11 is 0. The van der Waals surface area contributed by atoms with Crippen molar-refractivity contribution in [2.75, 3.05) is 38.3 Å². The molecule has 0 bridgehead atoms. The van der Waals surface area contributed by atoms with Gasteiger partial charge in [0.05, 0.1) is 30.4 Å². The van der Waals surface area contributed by atoms with E-state index in [4.69, 9.17) is 14.2 Å². The van der Waals surface area contributed by atoms with E-state index in [1.54, 1.807) is 12.1 Å². The third-order valence-electron chi connectivity index (χ3n) is 4.18. The van der Waals surface area contributed by atoms with Crippen LogP contribution in [0.25, 0.3) is 0 Å². The molecule has 29 heavy (non-hydrogen) atoms. The highest BCUT2D eigenvalue weighted by molar-refractivity contribution is 7.92. The van der Waals surface area contributed by atoms with Crippen LogP contribution in [-0.2, 0) is 24.3 Å². The smallest absolute Gasteiger partial charge is 0.340 e. The van der Waals surface area contributed by atoms with Gasteiger partial charge in [-0.2, -0.15) is 0 Å². The molecule has 2 aromatic rings. The fraction of sp³-hybridized carbons (Fsp3) is 0.263. The lowest BCUT2D eigenvalue weighted by Crippen LogP contribution is -2.37. The average Bonchev–Trinajstić information content (AvgIpc) is 2.76. The van der Waals surface area contributed by atoms with Crippen LogP contribution in [0.4, 0.5) is 5.69 Å². The lowest BCUT2D eigenvalue weighted by atomic mass is 10.2. The van der Waals surface area contributed by atoms with Crippen LogP contribution < -0.4 is 13.8 Å². The van der Waals surface area contributed by atoms with E-state index in [2.05, 4.69) is 4.74 Å². The maximum atomic E-state index is 13.4. The largest absolute Gasteiger partial charge is 0.486 e. The number of sulfonamides is 1. The number of para-hydroxylation sites is 1. The number of esters is 2. The highest BCUT2D eigenvalue weighted by atomic mass is 32.2. The molecule has 0 unspecified atom stereocenters. The van der Waals surface area contributed by atoms with Crippen LogP contribution in [0, 0.1) is 0 Å². The number of hydrogen-bond donors (Lipinski definition) is 0. The Labute approximate surface area is 167 Å². The Morgan fingerprint density at radius 2 is 1.69 bits per heavy atom. The molecule has 0 saturated carbocycles. The lowest BCUT2D eigenvalue weighted by Gasteiger charge is -2.26. The monoisotopic (exact) mass is 421 g/mol. The molecule has 3 rings (SSSR count). The average molecular weight is 421 g/mol. The van der Waals surface area contributed by atoms with Crippen molar-refractivity contribution in [1.29, 1.82) is 0 Å². The van der Waals surface area contributed by atoms with Gasteiger partial charge in [0.1, 0.15) is 19.8 Å². The maximum absolute atomic E-state index is 13.4. The highest BCUT2D eigenvalue weighted by Gasteiger charge is 2.31. The molecule has 10 heteroatoms. The van der Waals surface area contributed by atoms with E-state index in [0.717, 1.165) is 11.4 Å². The van der Waals surface area contributed by atoms with Gasteiger partial charge in [-0.25, -0.2) is 13.2 Å². The summed E-state index contributed by atoms with van der Waals surface area (Å²) < 4.78 is 47.9. The Morgan fingerprint density at radius 3 is 2.38 bits per heavy atom. The quantitative estimate of drug-likeness (QED) is 0.648. The van der Waals surface area contributed by atoms with Crippen molar-refractivity contribution < 1.29 is 37.0 Å². The number of rotatable bonds is 6. The Morgan fingerprint density at radius 1 is 1.00 bits per heavy atom. The van der Waals surface area contributed by atoms with Gasteiger partial charge >= 0.3 is 11.9 Å². The van der Waals surface area contributed by atoms with Gasteiger partial charge in [-0.15, -0.1) is 0 Å². The van der Waals surface area contributed by atoms with E-state index in [-0.39, 0.29) is 28.5 Å². The SMILES string of the molecule is COC(=O)CN(c1ccccc1C(=O)OC)S(=O)(=O)c1ccc2c(c1)OCCO2. The van der Waals surface area contributed by atoms with Crippen molar-refractivity contribution in [2.45, 2.75) is 4.90 Å². The fourth-order valence-electron chi connectivity index (χ4n) is 2.77. The fourth-order valence-corrected chi connectivity index (χ4v) is 4.21. The normalized spacial score (nSPS) is 12.8. The second-order valence-electron chi connectivity index (χ2n) is 5.90.